The second kappa shape index (κ2) is 5.51. The molecule has 7 heteroatoms. The lowest BCUT2D eigenvalue weighted by molar-refractivity contribution is 0.480. The van der Waals surface area contributed by atoms with Crippen molar-refractivity contribution in [2.45, 2.75) is 4.90 Å². The van der Waals surface area contributed by atoms with Crippen LogP contribution in [0, 0.1) is 11.3 Å². The molecule has 0 saturated heterocycles. The number of para-hydroxylation sites is 1. The average molecular weight is 309 g/mol. The normalized spacial score (nSPS) is 10.8. The summed E-state index contributed by atoms with van der Waals surface area (Å²) in [6.07, 6.45) is 0. The molecule has 5 nitrogen and oxygen atoms in total. The first-order valence-corrected chi connectivity index (χ1v) is 7.34. The molecule has 0 amide bonds. The summed E-state index contributed by atoms with van der Waals surface area (Å²) in [6.45, 7) is 0. The van der Waals surface area contributed by atoms with Gasteiger partial charge in [-0.1, -0.05) is 29.8 Å². The first-order valence-electron chi connectivity index (χ1n) is 5.42. The molecule has 0 bridgehead atoms. The number of primary sulfonamides is 1. The monoisotopic (exact) mass is 308 g/mol. The lowest BCUT2D eigenvalue weighted by atomic mass is 10.2. The van der Waals surface area contributed by atoms with E-state index in [0.29, 0.717) is 5.75 Å². The highest BCUT2D eigenvalue weighted by Crippen LogP contribution is 2.33. The zero-order valence-corrected chi connectivity index (χ0v) is 11.6. The number of hydrogen-bond donors (Lipinski definition) is 1. The number of hydrogen-bond acceptors (Lipinski definition) is 4. The third-order valence-electron chi connectivity index (χ3n) is 2.46. The van der Waals surface area contributed by atoms with Crippen molar-refractivity contribution in [3.63, 3.8) is 0 Å². The smallest absolute Gasteiger partial charge is 0.239 e. The van der Waals surface area contributed by atoms with Crippen molar-refractivity contribution >= 4 is 21.6 Å². The van der Waals surface area contributed by atoms with Crippen LogP contribution in [0.2, 0.25) is 5.02 Å². The van der Waals surface area contributed by atoms with Gasteiger partial charge in [-0.05, 0) is 24.3 Å². The van der Waals surface area contributed by atoms with Crippen LogP contribution in [0.4, 0.5) is 0 Å². The van der Waals surface area contributed by atoms with Crippen LogP contribution in [0.1, 0.15) is 5.56 Å². The minimum Gasteiger partial charge on any atom is -0.456 e. The van der Waals surface area contributed by atoms with Gasteiger partial charge >= 0.3 is 0 Å². The molecule has 20 heavy (non-hydrogen) atoms. The molecule has 2 rings (SSSR count). The predicted molar refractivity (Wildman–Crippen MR) is 74.1 cm³/mol. The molecule has 0 aliphatic carbocycles. The van der Waals surface area contributed by atoms with E-state index in [9.17, 15) is 8.42 Å². The van der Waals surface area contributed by atoms with E-state index < -0.39 is 10.0 Å². The van der Waals surface area contributed by atoms with Crippen LogP contribution in [-0.2, 0) is 10.0 Å². The number of nitrogens with two attached hydrogens (primary N) is 1. The lowest BCUT2D eigenvalue weighted by Gasteiger charge is -2.10. The summed E-state index contributed by atoms with van der Waals surface area (Å²) in [7, 11) is -3.99. The molecule has 0 aliphatic rings. The maximum absolute atomic E-state index is 11.3. The van der Waals surface area contributed by atoms with Crippen molar-refractivity contribution in [3.05, 3.63) is 53.1 Å². The molecule has 0 saturated carbocycles. The minimum absolute atomic E-state index is 0.0814. The first-order chi connectivity index (χ1) is 9.43. The number of halogens is 1. The van der Waals surface area contributed by atoms with Crippen molar-refractivity contribution in [2.75, 3.05) is 0 Å². The third kappa shape index (κ3) is 2.91. The van der Waals surface area contributed by atoms with Crippen LogP contribution in [0.5, 0.6) is 11.5 Å². The van der Waals surface area contributed by atoms with E-state index in [4.69, 9.17) is 26.7 Å². The van der Waals surface area contributed by atoms with E-state index in [1.54, 1.807) is 24.3 Å². The van der Waals surface area contributed by atoms with Gasteiger partial charge in [0.1, 0.15) is 28.0 Å². The summed E-state index contributed by atoms with van der Waals surface area (Å²) in [5.41, 5.74) is -0.0814. The molecule has 0 aromatic heterocycles. The molecule has 0 fully saturated rings. The number of nitriles is 1. The van der Waals surface area contributed by atoms with Gasteiger partial charge < -0.3 is 4.74 Å². The molecular formula is C13H9ClN2O3S. The Morgan fingerprint density at radius 3 is 2.35 bits per heavy atom. The second-order valence-corrected chi connectivity index (χ2v) is 5.73. The van der Waals surface area contributed by atoms with Crippen molar-refractivity contribution < 1.29 is 13.2 Å². The fraction of sp³-hybridized carbons (Fsp3) is 0. The summed E-state index contributed by atoms with van der Waals surface area (Å²) in [5, 5.41) is 13.9. The highest BCUT2D eigenvalue weighted by Gasteiger charge is 2.19. The Labute approximate surface area is 121 Å². The Hall–Kier alpha value is -2.07. The average Bonchev–Trinajstić information content (AvgIpc) is 2.39. The highest BCUT2D eigenvalue weighted by atomic mass is 35.5. The Morgan fingerprint density at radius 1 is 1.15 bits per heavy atom. The van der Waals surface area contributed by atoms with E-state index in [-0.39, 0.29) is 21.2 Å². The van der Waals surface area contributed by atoms with E-state index >= 15 is 0 Å². The molecule has 0 heterocycles. The fourth-order valence-corrected chi connectivity index (χ4v) is 2.69. The summed E-state index contributed by atoms with van der Waals surface area (Å²) in [6, 6.07) is 13.1. The van der Waals surface area contributed by atoms with Crippen LogP contribution in [-0.4, -0.2) is 8.42 Å². The zero-order chi connectivity index (χ0) is 14.8. The molecule has 102 valence electrons. The summed E-state index contributed by atoms with van der Waals surface area (Å²) in [4.78, 5) is -0.309. The topological polar surface area (TPSA) is 93.2 Å². The van der Waals surface area contributed by atoms with Crippen LogP contribution in [0.3, 0.4) is 0 Å². The van der Waals surface area contributed by atoms with Gasteiger partial charge in [-0.2, -0.15) is 5.26 Å². The molecule has 0 atom stereocenters. The minimum atomic E-state index is -3.99. The van der Waals surface area contributed by atoms with Crippen LogP contribution in [0.25, 0.3) is 0 Å². The first kappa shape index (κ1) is 14.3. The maximum atomic E-state index is 11.3. The van der Waals surface area contributed by atoms with Gasteiger partial charge in [0.2, 0.25) is 10.0 Å². The van der Waals surface area contributed by atoms with E-state index in [1.807, 2.05) is 12.1 Å². The predicted octanol–water partition coefficient (Wildman–Crippen LogP) is 2.65. The van der Waals surface area contributed by atoms with Crippen molar-refractivity contribution in [3.8, 4) is 17.6 Å². The van der Waals surface area contributed by atoms with Crippen LogP contribution < -0.4 is 9.88 Å². The number of benzene rings is 2. The molecule has 2 aromatic rings. The van der Waals surface area contributed by atoms with Gasteiger partial charge in [0, 0.05) is 0 Å². The number of nitrogens with zero attached hydrogens (tertiary/aromatic N) is 1. The Bertz CT molecular complexity index is 783. The Kier molecular flexibility index (Phi) is 3.95. The lowest BCUT2D eigenvalue weighted by Crippen LogP contribution is -2.13. The van der Waals surface area contributed by atoms with Gasteiger partial charge in [0.25, 0.3) is 0 Å². The summed E-state index contributed by atoms with van der Waals surface area (Å²) in [5.74, 6) is 0.666. The van der Waals surface area contributed by atoms with Crippen molar-refractivity contribution in [1.29, 1.82) is 5.26 Å². The maximum Gasteiger partial charge on any atom is 0.239 e. The molecule has 2 aromatic carbocycles. The van der Waals surface area contributed by atoms with E-state index in [0.717, 1.165) is 0 Å². The fourth-order valence-electron chi connectivity index (χ4n) is 1.56. The van der Waals surface area contributed by atoms with Gasteiger partial charge in [-0.25, -0.2) is 13.6 Å². The van der Waals surface area contributed by atoms with Crippen molar-refractivity contribution in [2.24, 2.45) is 5.14 Å². The summed E-state index contributed by atoms with van der Waals surface area (Å²) < 4.78 is 28.2. The highest BCUT2D eigenvalue weighted by molar-refractivity contribution is 7.89. The van der Waals surface area contributed by atoms with Gasteiger partial charge in [-0.15, -0.1) is 0 Å². The van der Waals surface area contributed by atoms with E-state index in [1.165, 1.54) is 12.1 Å². The zero-order valence-electron chi connectivity index (χ0n) is 10.1. The van der Waals surface area contributed by atoms with Gasteiger partial charge in [0.05, 0.1) is 5.02 Å². The number of rotatable bonds is 3. The molecular weight excluding hydrogens is 300 g/mol. The molecule has 0 radical (unpaired) electrons. The molecule has 2 N–H and O–H groups in total. The Morgan fingerprint density at radius 2 is 1.80 bits per heavy atom. The van der Waals surface area contributed by atoms with Gasteiger partial charge in [0.15, 0.2) is 0 Å². The largest absolute Gasteiger partial charge is 0.456 e. The molecule has 0 unspecified atom stereocenters. The Balaban J connectivity index is 2.52. The van der Waals surface area contributed by atoms with Crippen LogP contribution >= 0.6 is 11.6 Å². The van der Waals surface area contributed by atoms with Gasteiger partial charge in [-0.3, -0.25) is 0 Å². The van der Waals surface area contributed by atoms with E-state index in [2.05, 4.69) is 0 Å². The van der Waals surface area contributed by atoms with Crippen molar-refractivity contribution in [1.82, 2.24) is 0 Å². The standard InChI is InChI=1S/C13H9ClN2O3S/c14-13-10(8-15)11(6-7-12(13)20(16,17)18)19-9-4-2-1-3-5-9/h1-7H,(H2,16,17,18). The van der Waals surface area contributed by atoms with Crippen LogP contribution in [0.15, 0.2) is 47.4 Å². The number of sulfonamides is 1. The second-order valence-electron chi connectivity index (χ2n) is 3.82. The SMILES string of the molecule is N#Cc1c(Oc2ccccc2)ccc(S(N)(=O)=O)c1Cl. The summed E-state index contributed by atoms with van der Waals surface area (Å²) >= 11 is 5.90. The quantitative estimate of drug-likeness (QED) is 0.943. The third-order valence-corrected chi connectivity index (χ3v) is 3.92. The number of ether oxygens (including phenoxy) is 1. The molecule has 0 spiro atoms. The molecule has 0 aliphatic heterocycles.